The van der Waals surface area contributed by atoms with E-state index in [-0.39, 0.29) is 11.6 Å². The van der Waals surface area contributed by atoms with Gasteiger partial charge < -0.3 is 10.5 Å². The number of benzene rings is 1. The van der Waals surface area contributed by atoms with Crippen LogP contribution in [0.1, 0.15) is 63.1 Å². The van der Waals surface area contributed by atoms with Crippen LogP contribution in [0.5, 0.6) is 0 Å². The lowest BCUT2D eigenvalue weighted by Crippen LogP contribution is -2.26. The Balaban J connectivity index is 1.91. The average Bonchev–Trinajstić information content (AvgIpc) is 2.23. The largest absolute Gasteiger partial charge is 0.374 e. The molecule has 1 aliphatic carbocycles. The van der Waals surface area contributed by atoms with Crippen molar-refractivity contribution in [3.8, 4) is 0 Å². The molecular formula is C16H25NO. The summed E-state index contributed by atoms with van der Waals surface area (Å²) in [5.41, 5.74) is 8.66. The van der Waals surface area contributed by atoms with Gasteiger partial charge in [-0.05, 0) is 50.7 Å². The Labute approximate surface area is 111 Å². The van der Waals surface area contributed by atoms with Crippen molar-refractivity contribution in [3.63, 3.8) is 0 Å². The first-order valence-electron chi connectivity index (χ1n) is 6.95. The molecule has 0 saturated heterocycles. The minimum Gasteiger partial charge on any atom is -0.374 e. The summed E-state index contributed by atoms with van der Waals surface area (Å²) in [5, 5.41) is 0. The number of rotatable bonds is 4. The third-order valence-electron chi connectivity index (χ3n) is 3.64. The molecule has 0 radical (unpaired) electrons. The zero-order chi connectivity index (χ0) is 13.2. The zero-order valence-electron chi connectivity index (χ0n) is 11.8. The van der Waals surface area contributed by atoms with E-state index in [9.17, 15) is 0 Å². The lowest BCUT2D eigenvalue weighted by molar-refractivity contribution is -0.0102. The second-order valence-electron chi connectivity index (χ2n) is 6.32. The highest BCUT2D eigenvalue weighted by atomic mass is 16.5. The van der Waals surface area contributed by atoms with Crippen molar-refractivity contribution in [2.75, 3.05) is 6.61 Å². The first-order valence-corrected chi connectivity index (χ1v) is 6.95. The smallest absolute Gasteiger partial charge is 0.0666 e. The molecule has 18 heavy (non-hydrogen) atoms. The first kappa shape index (κ1) is 13.6. The van der Waals surface area contributed by atoms with Crippen molar-refractivity contribution in [2.45, 2.75) is 57.6 Å². The summed E-state index contributed by atoms with van der Waals surface area (Å²) in [5.74, 6) is 0.793. The Kier molecular flexibility index (Phi) is 4.08. The summed E-state index contributed by atoms with van der Waals surface area (Å²) < 4.78 is 5.73. The van der Waals surface area contributed by atoms with Gasteiger partial charge in [0.15, 0.2) is 0 Å². The van der Waals surface area contributed by atoms with Gasteiger partial charge in [0, 0.05) is 0 Å². The van der Waals surface area contributed by atoms with E-state index in [0.717, 1.165) is 5.92 Å². The van der Waals surface area contributed by atoms with Gasteiger partial charge in [-0.3, -0.25) is 0 Å². The van der Waals surface area contributed by atoms with Gasteiger partial charge in [-0.25, -0.2) is 0 Å². The van der Waals surface area contributed by atoms with Crippen molar-refractivity contribution in [1.29, 1.82) is 0 Å². The lowest BCUT2D eigenvalue weighted by Gasteiger charge is -2.26. The normalized spacial score (nSPS) is 18.4. The molecule has 0 heterocycles. The lowest BCUT2D eigenvalue weighted by atomic mass is 9.80. The molecule has 1 fully saturated rings. The van der Waals surface area contributed by atoms with E-state index in [1.54, 1.807) is 0 Å². The molecule has 0 amide bonds. The predicted molar refractivity (Wildman–Crippen MR) is 75.7 cm³/mol. The molecular weight excluding hydrogens is 222 g/mol. The van der Waals surface area contributed by atoms with Crippen molar-refractivity contribution < 1.29 is 4.74 Å². The van der Waals surface area contributed by atoms with Gasteiger partial charge in [-0.1, -0.05) is 30.7 Å². The molecule has 1 aliphatic rings. The molecule has 2 rings (SSSR count). The molecule has 1 saturated carbocycles. The summed E-state index contributed by atoms with van der Waals surface area (Å²) >= 11 is 0. The van der Waals surface area contributed by atoms with Crippen LogP contribution in [0, 0.1) is 0 Å². The molecule has 0 bridgehead atoms. The van der Waals surface area contributed by atoms with Gasteiger partial charge in [-0.2, -0.15) is 0 Å². The van der Waals surface area contributed by atoms with Crippen molar-refractivity contribution >= 4 is 0 Å². The van der Waals surface area contributed by atoms with Crippen LogP contribution in [-0.4, -0.2) is 12.2 Å². The van der Waals surface area contributed by atoms with Crippen LogP contribution in [-0.2, 0) is 4.74 Å². The third-order valence-corrected chi connectivity index (χ3v) is 3.64. The van der Waals surface area contributed by atoms with E-state index in [2.05, 4.69) is 45.0 Å². The second-order valence-corrected chi connectivity index (χ2v) is 6.32. The summed E-state index contributed by atoms with van der Waals surface area (Å²) in [6.45, 7) is 6.74. The quantitative estimate of drug-likeness (QED) is 0.879. The van der Waals surface area contributed by atoms with Crippen molar-refractivity contribution in [2.24, 2.45) is 5.73 Å². The van der Waals surface area contributed by atoms with Crippen molar-refractivity contribution in [1.82, 2.24) is 0 Å². The maximum atomic E-state index is 6.15. The summed E-state index contributed by atoms with van der Waals surface area (Å²) in [6, 6.07) is 8.75. The number of hydrogen-bond acceptors (Lipinski definition) is 2. The monoisotopic (exact) mass is 247 g/mol. The Bertz CT molecular complexity index is 373. The average molecular weight is 247 g/mol. The standard InChI is InChI=1S/C16H25NO/c1-16(2,3)18-11-15(17)14-9-7-13(8-10-14)12-5-4-6-12/h7-10,12,15H,4-6,11,17H2,1-3H3. The Hall–Kier alpha value is -0.860. The predicted octanol–water partition coefficient (Wildman–Crippen LogP) is 3.77. The Morgan fingerprint density at radius 2 is 1.83 bits per heavy atom. The van der Waals surface area contributed by atoms with Crippen LogP contribution in [0.15, 0.2) is 24.3 Å². The van der Waals surface area contributed by atoms with Crippen LogP contribution in [0.2, 0.25) is 0 Å². The van der Waals surface area contributed by atoms with Crippen LogP contribution < -0.4 is 5.73 Å². The molecule has 1 aromatic carbocycles. The Morgan fingerprint density at radius 3 is 2.28 bits per heavy atom. The summed E-state index contributed by atoms with van der Waals surface area (Å²) in [4.78, 5) is 0. The highest BCUT2D eigenvalue weighted by Gasteiger charge is 2.19. The van der Waals surface area contributed by atoms with E-state index in [1.807, 2.05) is 0 Å². The van der Waals surface area contributed by atoms with Gasteiger partial charge in [0.1, 0.15) is 0 Å². The highest BCUT2D eigenvalue weighted by Crippen LogP contribution is 2.36. The van der Waals surface area contributed by atoms with E-state index in [1.165, 1.54) is 30.4 Å². The molecule has 0 aliphatic heterocycles. The maximum Gasteiger partial charge on any atom is 0.0666 e. The first-order chi connectivity index (χ1) is 8.46. The molecule has 1 atom stereocenters. The molecule has 2 nitrogen and oxygen atoms in total. The van der Waals surface area contributed by atoms with Gasteiger partial charge in [0.2, 0.25) is 0 Å². The SMILES string of the molecule is CC(C)(C)OCC(N)c1ccc(C2CCC2)cc1. The van der Waals surface area contributed by atoms with Gasteiger partial charge in [0.25, 0.3) is 0 Å². The number of nitrogens with two attached hydrogens (primary N) is 1. The molecule has 1 unspecified atom stereocenters. The van der Waals surface area contributed by atoms with Crippen LogP contribution in [0.25, 0.3) is 0 Å². The number of hydrogen-bond donors (Lipinski definition) is 1. The number of ether oxygens (including phenoxy) is 1. The van der Waals surface area contributed by atoms with Crippen LogP contribution >= 0.6 is 0 Å². The topological polar surface area (TPSA) is 35.2 Å². The third kappa shape index (κ3) is 3.56. The fourth-order valence-corrected chi connectivity index (χ4v) is 2.19. The minimum atomic E-state index is -0.122. The molecule has 0 aromatic heterocycles. The van der Waals surface area contributed by atoms with Crippen LogP contribution in [0.3, 0.4) is 0 Å². The van der Waals surface area contributed by atoms with E-state index >= 15 is 0 Å². The van der Waals surface area contributed by atoms with E-state index in [4.69, 9.17) is 10.5 Å². The minimum absolute atomic E-state index is 0.0281. The fraction of sp³-hybridized carbons (Fsp3) is 0.625. The Morgan fingerprint density at radius 1 is 1.22 bits per heavy atom. The van der Waals surface area contributed by atoms with Gasteiger partial charge in [0.05, 0.1) is 18.2 Å². The fourth-order valence-electron chi connectivity index (χ4n) is 2.19. The second kappa shape index (κ2) is 5.41. The van der Waals surface area contributed by atoms with Crippen molar-refractivity contribution in [3.05, 3.63) is 35.4 Å². The summed E-state index contributed by atoms with van der Waals surface area (Å²) in [6.07, 6.45) is 4.07. The maximum absolute atomic E-state index is 6.15. The van der Waals surface area contributed by atoms with Crippen LogP contribution in [0.4, 0.5) is 0 Å². The zero-order valence-corrected chi connectivity index (χ0v) is 11.8. The molecule has 2 heteroatoms. The summed E-state index contributed by atoms with van der Waals surface area (Å²) in [7, 11) is 0. The van der Waals surface area contributed by atoms with E-state index < -0.39 is 0 Å². The molecule has 100 valence electrons. The van der Waals surface area contributed by atoms with Gasteiger partial charge in [-0.15, -0.1) is 0 Å². The van der Waals surface area contributed by atoms with Gasteiger partial charge >= 0.3 is 0 Å². The highest BCUT2D eigenvalue weighted by molar-refractivity contribution is 5.28. The molecule has 0 spiro atoms. The molecule has 2 N–H and O–H groups in total. The molecule has 1 aromatic rings. The van der Waals surface area contributed by atoms with E-state index in [0.29, 0.717) is 6.61 Å².